The van der Waals surface area contributed by atoms with Gasteiger partial charge in [-0.25, -0.2) is 9.59 Å². The number of carboxylic acid groups (broad SMARTS) is 2. The van der Waals surface area contributed by atoms with Crippen molar-refractivity contribution in [1.29, 1.82) is 0 Å². The Bertz CT molecular complexity index is 733. The molecule has 0 saturated carbocycles. The van der Waals surface area contributed by atoms with E-state index in [1.54, 1.807) is 12.1 Å². The van der Waals surface area contributed by atoms with Gasteiger partial charge in [0.1, 0.15) is 0 Å². The van der Waals surface area contributed by atoms with Gasteiger partial charge in [0, 0.05) is 5.69 Å². The lowest BCUT2D eigenvalue weighted by atomic mass is 10.1. The zero-order valence-electron chi connectivity index (χ0n) is 11.1. The van der Waals surface area contributed by atoms with E-state index in [2.05, 4.69) is 5.32 Å². The average molecular weight is 340 g/mol. The Labute approximate surface area is 136 Å². The molecule has 0 radical (unpaired) electrons. The van der Waals surface area contributed by atoms with Crippen molar-refractivity contribution < 1.29 is 19.8 Å². The van der Waals surface area contributed by atoms with Crippen molar-refractivity contribution >= 4 is 40.8 Å². The Hall–Kier alpha value is -2.24. The third kappa shape index (κ3) is 3.50. The number of carbonyl (C=O) groups is 2. The molecule has 1 atom stereocenters. The Balaban J connectivity index is 2.40. The summed E-state index contributed by atoms with van der Waals surface area (Å²) in [4.78, 5) is 22.7. The summed E-state index contributed by atoms with van der Waals surface area (Å²) in [6.07, 6.45) is 0. The van der Waals surface area contributed by atoms with E-state index < -0.39 is 18.0 Å². The highest BCUT2D eigenvalue weighted by Gasteiger charge is 2.22. The van der Waals surface area contributed by atoms with E-state index in [1.165, 1.54) is 30.3 Å². The molecule has 0 fully saturated rings. The Morgan fingerprint density at radius 1 is 1.00 bits per heavy atom. The lowest BCUT2D eigenvalue weighted by Crippen LogP contribution is -2.21. The van der Waals surface area contributed by atoms with Crippen LogP contribution in [0, 0.1) is 0 Å². The predicted molar refractivity (Wildman–Crippen MR) is 83.9 cm³/mol. The number of benzene rings is 2. The molecule has 2 aromatic rings. The number of para-hydroxylation sites is 1. The van der Waals surface area contributed by atoms with E-state index in [0.717, 1.165) is 0 Å². The summed E-state index contributed by atoms with van der Waals surface area (Å²) in [6.45, 7) is 0. The van der Waals surface area contributed by atoms with E-state index in [9.17, 15) is 14.7 Å². The number of aromatic carboxylic acids is 1. The number of hydrogen-bond donors (Lipinski definition) is 3. The van der Waals surface area contributed by atoms with Gasteiger partial charge in [-0.05, 0) is 29.8 Å². The van der Waals surface area contributed by atoms with Crippen molar-refractivity contribution in [2.45, 2.75) is 6.04 Å². The van der Waals surface area contributed by atoms with Gasteiger partial charge in [0.15, 0.2) is 6.04 Å². The van der Waals surface area contributed by atoms with Gasteiger partial charge in [-0.1, -0.05) is 41.4 Å². The van der Waals surface area contributed by atoms with Crippen molar-refractivity contribution in [2.24, 2.45) is 0 Å². The molecular weight excluding hydrogens is 329 g/mol. The Morgan fingerprint density at radius 2 is 1.68 bits per heavy atom. The molecule has 0 spiro atoms. The minimum absolute atomic E-state index is 0.0196. The van der Waals surface area contributed by atoms with E-state index in [1.807, 2.05) is 0 Å². The number of hydrogen-bond acceptors (Lipinski definition) is 3. The van der Waals surface area contributed by atoms with Crippen molar-refractivity contribution in [3.8, 4) is 0 Å². The van der Waals surface area contributed by atoms with Crippen LogP contribution in [0.3, 0.4) is 0 Å². The van der Waals surface area contributed by atoms with Crippen molar-refractivity contribution in [2.75, 3.05) is 5.32 Å². The van der Waals surface area contributed by atoms with Gasteiger partial charge >= 0.3 is 11.9 Å². The maximum absolute atomic E-state index is 11.5. The van der Waals surface area contributed by atoms with Crippen LogP contribution in [0.15, 0.2) is 42.5 Å². The van der Waals surface area contributed by atoms with Crippen LogP contribution < -0.4 is 5.32 Å². The molecule has 2 aromatic carbocycles. The van der Waals surface area contributed by atoms with Crippen LogP contribution in [0.2, 0.25) is 10.0 Å². The largest absolute Gasteiger partial charge is 0.479 e. The van der Waals surface area contributed by atoms with Gasteiger partial charge < -0.3 is 15.5 Å². The third-order valence-electron chi connectivity index (χ3n) is 2.98. The topological polar surface area (TPSA) is 86.6 Å². The van der Waals surface area contributed by atoms with Gasteiger partial charge in [-0.3, -0.25) is 0 Å². The van der Waals surface area contributed by atoms with E-state index in [0.29, 0.717) is 10.6 Å². The first-order valence-corrected chi connectivity index (χ1v) is 6.92. The average Bonchev–Trinajstić information content (AvgIpc) is 2.47. The number of halogens is 2. The van der Waals surface area contributed by atoms with Crippen LogP contribution in [-0.2, 0) is 4.79 Å². The molecule has 7 heteroatoms. The van der Waals surface area contributed by atoms with Crippen LogP contribution in [0.25, 0.3) is 0 Å². The molecule has 1 unspecified atom stereocenters. The molecule has 22 heavy (non-hydrogen) atoms. The standard InChI is InChI=1S/C15H11Cl2NO4/c16-10-6-5-8(7-11(10)17)13(15(21)22)18-12-4-2-1-3-9(12)14(19)20/h1-7,13,18H,(H,19,20)(H,21,22). The van der Waals surface area contributed by atoms with Crippen LogP contribution in [0.4, 0.5) is 5.69 Å². The summed E-state index contributed by atoms with van der Waals surface area (Å²) in [5, 5.41) is 21.8. The number of carboxylic acids is 2. The summed E-state index contributed by atoms with van der Waals surface area (Å²) in [5.41, 5.74) is 0.546. The molecule has 5 nitrogen and oxygen atoms in total. The molecule has 0 amide bonds. The second kappa shape index (κ2) is 6.68. The monoisotopic (exact) mass is 339 g/mol. The van der Waals surface area contributed by atoms with Gasteiger partial charge in [0.05, 0.1) is 15.6 Å². The first-order chi connectivity index (χ1) is 10.4. The molecule has 0 aliphatic rings. The maximum Gasteiger partial charge on any atom is 0.337 e. The first-order valence-electron chi connectivity index (χ1n) is 6.16. The quantitative estimate of drug-likeness (QED) is 0.768. The number of rotatable bonds is 5. The molecule has 0 bridgehead atoms. The minimum atomic E-state index is -1.17. The third-order valence-corrected chi connectivity index (χ3v) is 3.72. The number of anilines is 1. The molecule has 0 heterocycles. The molecule has 3 N–H and O–H groups in total. The zero-order chi connectivity index (χ0) is 16.3. The second-order valence-corrected chi connectivity index (χ2v) is 5.25. The van der Waals surface area contributed by atoms with Crippen LogP contribution in [0.1, 0.15) is 22.0 Å². The van der Waals surface area contributed by atoms with Crippen LogP contribution >= 0.6 is 23.2 Å². The summed E-state index contributed by atoms with van der Waals surface area (Å²) in [6, 6.07) is 9.33. The summed E-state index contributed by atoms with van der Waals surface area (Å²) in [5.74, 6) is -2.32. The van der Waals surface area contributed by atoms with Crippen molar-refractivity contribution in [1.82, 2.24) is 0 Å². The highest BCUT2D eigenvalue weighted by Crippen LogP contribution is 2.28. The SMILES string of the molecule is O=C(O)c1ccccc1NC(C(=O)O)c1ccc(Cl)c(Cl)c1. The van der Waals surface area contributed by atoms with Gasteiger partial charge in [-0.2, -0.15) is 0 Å². The number of nitrogens with one attached hydrogen (secondary N) is 1. The first kappa shape index (κ1) is 16.1. The van der Waals surface area contributed by atoms with Gasteiger partial charge in [0.25, 0.3) is 0 Å². The van der Waals surface area contributed by atoms with E-state index in [-0.39, 0.29) is 16.3 Å². The normalized spacial score (nSPS) is 11.7. The molecule has 114 valence electrons. The molecule has 2 rings (SSSR count). The predicted octanol–water partition coefficient (Wildman–Crippen LogP) is 3.93. The van der Waals surface area contributed by atoms with Crippen molar-refractivity contribution in [3.05, 3.63) is 63.6 Å². The Kier molecular flexibility index (Phi) is 4.90. The smallest absolute Gasteiger partial charge is 0.337 e. The van der Waals surface area contributed by atoms with Gasteiger partial charge in [-0.15, -0.1) is 0 Å². The van der Waals surface area contributed by atoms with Crippen LogP contribution in [0.5, 0.6) is 0 Å². The molecule has 0 saturated heterocycles. The molecular formula is C15H11Cl2NO4. The highest BCUT2D eigenvalue weighted by atomic mass is 35.5. The molecule has 0 aliphatic heterocycles. The fourth-order valence-corrected chi connectivity index (χ4v) is 2.24. The molecule has 0 aliphatic carbocycles. The Morgan fingerprint density at radius 3 is 2.27 bits per heavy atom. The van der Waals surface area contributed by atoms with E-state index in [4.69, 9.17) is 28.3 Å². The number of aliphatic carboxylic acids is 1. The fourth-order valence-electron chi connectivity index (χ4n) is 1.93. The molecule has 0 aromatic heterocycles. The van der Waals surface area contributed by atoms with Crippen molar-refractivity contribution in [3.63, 3.8) is 0 Å². The highest BCUT2D eigenvalue weighted by molar-refractivity contribution is 6.42. The summed E-state index contributed by atoms with van der Waals surface area (Å²) < 4.78 is 0. The zero-order valence-corrected chi connectivity index (χ0v) is 12.6. The fraction of sp³-hybridized carbons (Fsp3) is 0.0667. The lowest BCUT2D eigenvalue weighted by molar-refractivity contribution is -0.138. The van der Waals surface area contributed by atoms with E-state index >= 15 is 0 Å². The van der Waals surface area contributed by atoms with Crippen LogP contribution in [-0.4, -0.2) is 22.2 Å². The summed E-state index contributed by atoms with van der Waals surface area (Å²) >= 11 is 11.7. The maximum atomic E-state index is 11.5. The summed E-state index contributed by atoms with van der Waals surface area (Å²) in [7, 11) is 0. The lowest BCUT2D eigenvalue weighted by Gasteiger charge is -2.18. The van der Waals surface area contributed by atoms with Gasteiger partial charge in [0.2, 0.25) is 0 Å². The minimum Gasteiger partial charge on any atom is -0.479 e. The second-order valence-electron chi connectivity index (χ2n) is 4.44.